The van der Waals surface area contributed by atoms with Gasteiger partial charge < -0.3 is 0 Å². The van der Waals surface area contributed by atoms with Crippen LogP contribution in [0.4, 0.5) is 0 Å². The summed E-state index contributed by atoms with van der Waals surface area (Å²) in [5.74, 6) is 0. The lowest BCUT2D eigenvalue weighted by atomic mass is 10.1. The van der Waals surface area contributed by atoms with Gasteiger partial charge in [0.25, 0.3) is 0 Å². The zero-order valence-electron chi connectivity index (χ0n) is 11.9. The highest BCUT2D eigenvalue weighted by molar-refractivity contribution is 9.10. The summed E-state index contributed by atoms with van der Waals surface area (Å²) < 4.78 is 1.12. The Labute approximate surface area is 126 Å². The topological polar surface area (TPSA) is 0 Å². The van der Waals surface area contributed by atoms with Gasteiger partial charge in [0, 0.05) is 4.47 Å². The van der Waals surface area contributed by atoms with E-state index >= 15 is 0 Å². The quantitative estimate of drug-likeness (QED) is 0.550. The highest BCUT2D eigenvalue weighted by Gasteiger charge is 1.95. The van der Waals surface area contributed by atoms with Crippen LogP contribution in [0.15, 0.2) is 59.1 Å². The standard InChI is InChI=1S/C12H9Br.C6H14/c13-12-8-4-7-11(9-12)10-5-2-1-3-6-10;1-3-5-6-4-2/h1-9H;3-6H2,1-2H3. The van der Waals surface area contributed by atoms with E-state index < -0.39 is 0 Å². The number of hydrogen-bond donors (Lipinski definition) is 0. The van der Waals surface area contributed by atoms with Crippen LogP contribution in [0.5, 0.6) is 0 Å². The smallest absolute Gasteiger partial charge is 0.0181 e. The molecule has 0 radical (unpaired) electrons. The Morgan fingerprint density at radius 3 is 1.84 bits per heavy atom. The minimum atomic E-state index is 1.12. The lowest BCUT2D eigenvalue weighted by molar-refractivity contribution is 0.702. The molecule has 0 saturated carbocycles. The fourth-order valence-corrected chi connectivity index (χ4v) is 2.20. The van der Waals surface area contributed by atoms with Crippen LogP contribution in [-0.2, 0) is 0 Å². The minimum absolute atomic E-state index is 1.12. The van der Waals surface area contributed by atoms with Crippen LogP contribution in [0.25, 0.3) is 11.1 Å². The highest BCUT2D eigenvalue weighted by Crippen LogP contribution is 2.22. The molecule has 0 aliphatic carbocycles. The second-order valence-electron chi connectivity index (χ2n) is 4.58. The van der Waals surface area contributed by atoms with E-state index in [1.165, 1.54) is 36.8 Å². The Morgan fingerprint density at radius 2 is 1.32 bits per heavy atom. The average Bonchev–Trinajstić information content (AvgIpc) is 2.47. The van der Waals surface area contributed by atoms with Crippen molar-refractivity contribution in [2.45, 2.75) is 39.5 Å². The zero-order valence-corrected chi connectivity index (χ0v) is 13.5. The van der Waals surface area contributed by atoms with Gasteiger partial charge in [0.05, 0.1) is 0 Å². The Morgan fingerprint density at radius 1 is 0.737 bits per heavy atom. The first-order chi connectivity index (χ1) is 9.27. The van der Waals surface area contributed by atoms with Gasteiger partial charge >= 0.3 is 0 Å². The molecule has 0 spiro atoms. The third-order valence-electron chi connectivity index (χ3n) is 2.89. The number of unbranched alkanes of at least 4 members (excludes halogenated alkanes) is 3. The van der Waals surface area contributed by atoms with Crippen LogP contribution in [0.1, 0.15) is 39.5 Å². The summed E-state index contributed by atoms with van der Waals surface area (Å²) in [6.07, 6.45) is 5.54. The molecule has 0 aromatic heterocycles. The average molecular weight is 319 g/mol. The normalized spacial score (nSPS) is 9.63. The molecule has 0 saturated heterocycles. The van der Waals surface area contributed by atoms with Crippen LogP contribution >= 0.6 is 15.9 Å². The fraction of sp³-hybridized carbons (Fsp3) is 0.333. The number of rotatable bonds is 4. The molecule has 0 aliphatic heterocycles. The van der Waals surface area contributed by atoms with Crippen molar-refractivity contribution in [1.82, 2.24) is 0 Å². The van der Waals surface area contributed by atoms with E-state index in [0.29, 0.717) is 0 Å². The van der Waals surface area contributed by atoms with Crippen LogP contribution in [0.2, 0.25) is 0 Å². The van der Waals surface area contributed by atoms with Gasteiger partial charge in [-0.2, -0.15) is 0 Å². The summed E-state index contributed by atoms with van der Waals surface area (Å²) in [4.78, 5) is 0. The predicted molar refractivity (Wildman–Crippen MR) is 89.4 cm³/mol. The molecule has 0 atom stereocenters. The molecule has 0 nitrogen and oxygen atoms in total. The predicted octanol–water partition coefficient (Wildman–Crippen LogP) is 6.70. The van der Waals surface area contributed by atoms with Crippen molar-refractivity contribution < 1.29 is 0 Å². The van der Waals surface area contributed by atoms with Crippen molar-refractivity contribution in [3.05, 3.63) is 59.1 Å². The zero-order chi connectivity index (χ0) is 13.9. The van der Waals surface area contributed by atoms with Gasteiger partial charge in [-0.25, -0.2) is 0 Å². The fourth-order valence-electron chi connectivity index (χ4n) is 1.80. The number of hydrogen-bond acceptors (Lipinski definition) is 0. The molecule has 0 aliphatic rings. The van der Waals surface area contributed by atoms with Crippen LogP contribution in [0.3, 0.4) is 0 Å². The van der Waals surface area contributed by atoms with Gasteiger partial charge in [0.15, 0.2) is 0 Å². The molecule has 0 N–H and O–H groups in total. The second-order valence-corrected chi connectivity index (χ2v) is 5.50. The Hall–Kier alpha value is -1.08. The van der Waals surface area contributed by atoms with Crippen molar-refractivity contribution in [1.29, 1.82) is 0 Å². The van der Waals surface area contributed by atoms with Crippen molar-refractivity contribution >= 4 is 15.9 Å². The molecular weight excluding hydrogens is 296 g/mol. The van der Waals surface area contributed by atoms with E-state index in [0.717, 1.165) is 4.47 Å². The summed E-state index contributed by atoms with van der Waals surface area (Å²) in [5, 5.41) is 0. The maximum absolute atomic E-state index is 3.46. The van der Waals surface area contributed by atoms with Crippen molar-refractivity contribution in [2.75, 3.05) is 0 Å². The maximum Gasteiger partial charge on any atom is 0.0181 e. The summed E-state index contributed by atoms with van der Waals surface area (Å²) in [6.45, 7) is 4.46. The lowest BCUT2D eigenvalue weighted by Gasteiger charge is -2.00. The lowest BCUT2D eigenvalue weighted by Crippen LogP contribution is -1.75. The molecule has 2 aromatic carbocycles. The molecule has 0 fully saturated rings. The first-order valence-electron chi connectivity index (χ1n) is 7.09. The first kappa shape index (κ1) is 16.0. The molecule has 2 rings (SSSR count). The largest absolute Gasteiger partial charge is 0.0654 e. The van der Waals surface area contributed by atoms with Gasteiger partial charge in [-0.15, -0.1) is 0 Å². The van der Waals surface area contributed by atoms with Crippen molar-refractivity contribution in [3.63, 3.8) is 0 Å². The van der Waals surface area contributed by atoms with E-state index in [9.17, 15) is 0 Å². The van der Waals surface area contributed by atoms with Gasteiger partial charge in [-0.05, 0) is 23.3 Å². The summed E-state index contributed by atoms with van der Waals surface area (Å²) in [5.41, 5.74) is 2.50. The molecule has 0 heterocycles. The Bertz CT molecular complexity index is 444. The van der Waals surface area contributed by atoms with Gasteiger partial charge in [0.2, 0.25) is 0 Å². The van der Waals surface area contributed by atoms with Crippen LogP contribution in [0, 0.1) is 0 Å². The van der Waals surface area contributed by atoms with E-state index in [2.05, 4.69) is 66.2 Å². The van der Waals surface area contributed by atoms with Gasteiger partial charge in [-0.3, -0.25) is 0 Å². The molecule has 0 amide bonds. The highest BCUT2D eigenvalue weighted by atomic mass is 79.9. The van der Waals surface area contributed by atoms with E-state index in [4.69, 9.17) is 0 Å². The Balaban J connectivity index is 0.000000258. The number of halogens is 1. The molecule has 0 bridgehead atoms. The van der Waals surface area contributed by atoms with Crippen molar-refractivity contribution in [2.24, 2.45) is 0 Å². The number of benzene rings is 2. The molecule has 102 valence electrons. The molecule has 1 heteroatoms. The molecule has 19 heavy (non-hydrogen) atoms. The summed E-state index contributed by atoms with van der Waals surface area (Å²) in [6, 6.07) is 18.7. The van der Waals surface area contributed by atoms with E-state index in [-0.39, 0.29) is 0 Å². The second kappa shape index (κ2) is 9.80. The van der Waals surface area contributed by atoms with E-state index in [1.54, 1.807) is 0 Å². The van der Waals surface area contributed by atoms with Crippen LogP contribution in [-0.4, -0.2) is 0 Å². The SMILES string of the molecule is Brc1cccc(-c2ccccc2)c1.CCCCCC. The van der Waals surface area contributed by atoms with Gasteiger partial charge in [-0.1, -0.05) is 97.9 Å². The van der Waals surface area contributed by atoms with E-state index in [1.807, 2.05) is 18.2 Å². The maximum atomic E-state index is 3.46. The third-order valence-corrected chi connectivity index (χ3v) is 3.38. The molecule has 0 unspecified atom stereocenters. The Kier molecular flexibility index (Phi) is 8.24. The summed E-state index contributed by atoms with van der Waals surface area (Å²) >= 11 is 3.46. The first-order valence-corrected chi connectivity index (χ1v) is 7.88. The van der Waals surface area contributed by atoms with Crippen LogP contribution < -0.4 is 0 Å². The van der Waals surface area contributed by atoms with Gasteiger partial charge in [0.1, 0.15) is 0 Å². The molecular formula is C18H23Br. The van der Waals surface area contributed by atoms with Crippen molar-refractivity contribution in [3.8, 4) is 11.1 Å². The molecule has 2 aromatic rings. The summed E-state index contributed by atoms with van der Waals surface area (Å²) in [7, 11) is 0. The minimum Gasteiger partial charge on any atom is -0.0654 e. The monoisotopic (exact) mass is 318 g/mol. The third kappa shape index (κ3) is 6.58.